The van der Waals surface area contributed by atoms with Crippen molar-refractivity contribution in [3.05, 3.63) is 72.2 Å². The van der Waals surface area contributed by atoms with E-state index in [4.69, 9.17) is 13.7 Å². The Bertz CT molecular complexity index is 1450. The Balaban J connectivity index is 1.37. The van der Waals surface area contributed by atoms with E-state index in [1.807, 2.05) is 12.1 Å². The number of rotatable bonds is 5. The van der Waals surface area contributed by atoms with Crippen LogP contribution < -0.4 is 5.32 Å². The number of nitrogens with zero attached hydrogens (tertiary/aromatic N) is 3. The van der Waals surface area contributed by atoms with Gasteiger partial charge in [0.05, 0.1) is 34.1 Å². The van der Waals surface area contributed by atoms with E-state index in [2.05, 4.69) is 20.4 Å². The zero-order valence-electron chi connectivity index (χ0n) is 16.9. The summed E-state index contributed by atoms with van der Waals surface area (Å²) in [6.45, 7) is 1.22. The summed E-state index contributed by atoms with van der Waals surface area (Å²) >= 11 is 0. The number of pyridine rings is 2. The Morgan fingerprint density at radius 2 is 2.03 bits per heavy atom. The molecule has 158 valence electrons. The number of anilines is 1. The number of ether oxygens (including phenoxy) is 1. The van der Waals surface area contributed by atoms with Crippen molar-refractivity contribution in [3.8, 4) is 11.5 Å². The first kappa shape index (κ1) is 19.4. The molecule has 0 fully saturated rings. The molecule has 0 aliphatic heterocycles. The second-order valence-corrected chi connectivity index (χ2v) is 6.98. The third kappa shape index (κ3) is 3.56. The van der Waals surface area contributed by atoms with E-state index in [1.165, 1.54) is 12.3 Å². The normalized spacial score (nSPS) is 11.0. The van der Waals surface area contributed by atoms with Crippen molar-refractivity contribution in [1.82, 2.24) is 15.1 Å². The maximum atomic E-state index is 12.9. The van der Waals surface area contributed by atoms with Crippen molar-refractivity contribution >= 4 is 39.6 Å². The molecule has 0 atom stereocenters. The largest absolute Gasteiger partial charge is 0.463 e. The quantitative estimate of drug-likeness (QED) is 0.415. The highest BCUT2D eigenvalue weighted by Crippen LogP contribution is 2.28. The van der Waals surface area contributed by atoms with Gasteiger partial charge < -0.3 is 19.0 Å². The molecule has 1 N–H and O–H groups in total. The molecule has 5 rings (SSSR count). The first-order valence-electron chi connectivity index (χ1n) is 9.72. The lowest BCUT2D eigenvalue weighted by Gasteiger charge is -2.09. The van der Waals surface area contributed by atoms with E-state index in [1.54, 1.807) is 43.5 Å². The zero-order valence-corrected chi connectivity index (χ0v) is 16.9. The number of esters is 1. The predicted octanol–water partition coefficient (Wildman–Crippen LogP) is 4.13. The summed E-state index contributed by atoms with van der Waals surface area (Å²) in [5.41, 5.74) is 2.56. The van der Waals surface area contributed by atoms with Gasteiger partial charge in [-0.2, -0.15) is 0 Å². The highest BCUT2D eigenvalue weighted by molar-refractivity contribution is 6.06. The van der Waals surface area contributed by atoms with E-state index in [9.17, 15) is 9.59 Å². The summed E-state index contributed by atoms with van der Waals surface area (Å²) in [5.74, 6) is -0.725. The van der Waals surface area contributed by atoms with Gasteiger partial charge in [-0.3, -0.25) is 9.78 Å². The van der Waals surface area contributed by atoms with Gasteiger partial charge in [0, 0.05) is 11.6 Å². The highest BCUT2D eigenvalue weighted by atomic mass is 16.5. The van der Waals surface area contributed by atoms with Gasteiger partial charge in [-0.15, -0.1) is 0 Å². The Morgan fingerprint density at radius 3 is 2.88 bits per heavy atom. The van der Waals surface area contributed by atoms with Crippen LogP contribution in [0.5, 0.6) is 0 Å². The summed E-state index contributed by atoms with van der Waals surface area (Å²) in [7, 11) is 0. The molecule has 0 aliphatic rings. The molecule has 0 spiro atoms. The number of furan rings is 1. The average molecular weight is 428 g/mol. The van der Waals surface area contributed by atoms with Gasteiger partial charge in [0.25, 0.3) is 11.6 Å². The number of fused-ring (bicyclic) bond motifs is 2. The number of benzene rings is 1. The molecule has 0 bridgehead atoms. The fraction of sp³-hybridized carbons (Fsp3) is 0.0870. The van der Waals surface area contributed by atoms with Crippen molar-refractivity contribution in [2.45, 2.75) is 6.92 Å². The van der Waals surface area contributed by atoms with E-state index in [0.29, 0.717) is 28.2 Å². The van der Waals surface area contributed by atoms with Gasteiger partial charge in [-0.05, 0) is 49.4 Å². The van der Waals surface area contributed by atoms with Crippen molar-refractivity contribution in [2.75, 3.05) is 11.9 Å². The van der Waals surface area contributed by atoms with Gasteiger partial charge in [0.1, 0.15) is 5.69 Å². The van der Waals surface area contributed by atoms with Crippen LogP contribution in [0.15, 0.2) is 69.9 Å². The number of carbonyl (C=O) groups excluding carboxylic acids is 2. The Labute approximate surface area is 181 Å². The lowest BCUT2D eigenvalue weighted by Crippen LogP contribution is -2.21. The average Bonchev–Trinajstić information content (AvgIpc) is 3.48. The van der Waals surface area contributed by atoms with Crippen molar-refractivity contribution in [1.29, 1.82) is 0 Å². The second kappa shape index (κ2) is 7.95. The van der Waals surface area contributed by atoms with Crippen LogP contribution >= 0.6 is 0 Å². The van der Waals surface area contributed by atoms with E-state index in [0.717, 1.165) is 10.9 Å². The van der Waals surface area contributed by atoms with Crippen LogP contribution in [-0.2, 0) is 9.53 Å². The molecule has 0 aliphatic carbocycles. The van der Waals surface area contributed by atoms with Crippen molar-refractivity contribution in [3.63, 3.8) is 0 Å². The Morgan fingerprint density at radius 1 is 1.12 bits per heavy atom. The Kier molecular flexibility index (Phi) is 4.83. The molecule has 0 radical (unpaired) electrons. The van der Waals surface area contributed by atoms with Crippen molar-refractivity contribution < 1.29 is 23.3 Å². The van der Waals surface area contributed by atoms with Crippen LogP contribution in [0, 0.1) is 6.92 Å². The number of amides is 1. The number of aromatic nitrogens is 3. The standard InChI is InChI=1S/C23H16N4O5/c1-13-21-15(11-18(19-8-4-10-30-19)26-22(21)32-27-13)23(29)31-12-20(28)25-17-7-2-6-16-14(17)5-3-9-24-16/h2-11H,12H2,1H3,(H,25,28). The maximum absolute atomic E-state index is 12.9. The summed E-state index contributed by atoms with van der Waals surface area (Å²) in [4.78, 5) is 33.9. The topological polar surface area (TPSA) is 120 Å². The minimum atomic E-state index is -0.703. The molecule has 1 amide bonds. The molecule has 4 heterocycles. The van der Waals surface area contributed by atoms with Gasteiger partial charge in [0.2, 0.25) is 0 Å². The number of aryl methyl sites for hydroxylation is 1. The van der Waals surface area contributed by atoms with Gasteiger partial charge >= 0.3 is 5.97 Å². The molecule has 1 aromatic carbocycles. The summed E-state index contributed by atoms with van der Waals surface area (Å²) in [6.07, 6.45) is 3.17. The number of hydrogen-bond donors (Lipinski definition) is 1. The van der Waals surface area contributed by atoms with Crippen molar-refractivity contribution in [2.24, 2.45) is 0 Å². The zero-order chi connectivity index (χ0) is 22.1. The minimum Gasteiger partial charge on any atom is -0.463 e. The molecular weight excluding hydrogens is 412 g/mol. The molecule has 0 saturated heterocycles. The monoisotopic (exact) mass is 428 g/mol. The smallest absolute Gasteiger partial charge is 0.339 e. The number of carbonyl (C=O) groups is 2. The molecule has 4 aromatic heterocycles. The first-order valence-corrected chi connectivity index (χ1v) is 9.72. The van der Waals surface area contributed by atoms with Gasteiger partial charge in [0.15, 0.2) is 12.4 Å². The SMILES string of the molecule is Cc1noc2nc(-c3ccco3)cc(C(=O)OCC(=O)Nc3cccc4ncccc34)c12. The first-order chi connectivity index (χ1) is 15.6. The molecule has 5 aromatic rings. The van der Waals surface area contributed by atoms with Crippen LogP contribution in [-0.4, -0.2) is 33.6 Å². The van der Waals surface area contributed by atoms with E-state index in [-0.39, 0.29) is 11.3 Å². The van der Waals surface area contributed by atoms with Crippen LogP contribution in [0.3, 0.4) is 0 Å². The van der Waals surface area contributed by atoms with E-state index < -0.39 is 18.5 Å². The number of nitrogens with one attached hydrogen (secondary N) is 1. The van der Waals surface area contributed by atoms with Crippen LogP contribution in [0.2, 0.25) is 0 Å². The third-order valence-corrected chi connectivity index (χ3v) is 4.86. The molecule has 0 saturated carbocycles. The summed E-state index contributed by atoms with van der Waals surface area (Å²) in [6, 6.07) is 14.0. The third-order valence-electron chi connectivity index (χ3n) is 4.86. The van der Waals surface area contributed by atoms with Crippen LogP contribution in [0.25, 0.3) is 33.5 Å². The predicted molar refractivity (Wildman–Crippen MR) is 115 cm³/mol. The molecule has 9 nitrogen and oxygen atoms in total. The second-order valence-electron chi connectivity index (χ2n) is 6.98. The Hall–Kier alpha value is -4.53. The lowest BCUT2D eigenvalue weighted by molar-refractivity contribution is -0.119. The maximum Gasteiger partial charge on any atom is 0.339 e. The summed E-state index contributed by atoms with van der Waals surface area (Å²) in [5, 5.41) is 7.84. The van der Waals surface area contributed by atoms with Gasteiger partial charge in [-0.1, -0.05) is 11.2 Å². The van der Waals surface area contributed by atoms with Crippen LogP contribution in [0.4, 0.5) is 5.69 Å². The number of hydrogen-bond acceptors (Lipinski definition) is 8. The molecular formula is C23H16N4O5. The molecule has 32 heavy (non-hydrogen) atoms. The molecule has 0 unspecified atom stereocenters. The lowest BCUT2D eigenvalue weighted by atomic mass is 10.1. The van der Waals surface area contributed by atoms with Gasteiger partial charge in [-0.25, -0.2) is 9.78 Å². The summed E-state index contributed by atoms with van der Waals surface area (Å²) < 4.78 is 15.9. The fourth-order valence-electron chi connectivity index (χ4n) is 3.41. The van der Waals surface area contributed by atoms with E-state index >= 15 is 0 Å². The van der Waals surface area contributed by atoms with Crippen LogP contribution in [0.1, 0.15) is 16.1 Å². The highest BCUT2D eigenvalue weighted by Gasteiger charge is 2.22. The fourth-order valence-corrected chi connectivity index (χ4v) is 3.41. The minimum absolute atomic E-state index is 0.177. The molecule has 9 heteroatoms.